The number of rotatable bonds is 1. The molecule has 6 N–H and O–H groups in total. The molecule has 0 bridgehead atoms. The zero-order chi connectivity index (χ0) is 14.2. The highest BCUT2D eigenvalue weighted by atomic mass is 16.5. The zero-order valence-corrected chi connectivity index (χ0v) is 11.1. The van der Waals surface area contributed by atoms with Crippen molar-refractivity contribution in [1.29, 1.82) is 0 Å². The van der Waals surface area contributed by atoms with Crippen LogP contribution >= 0.6 is 0 Å². The van der Waals surface area contributed by atoms with Crippen molar-refractivity contribution in [3.05, 3.63) is 23.3 Å². The molecule has 0 saturated carbocycles. The molecule has 1 aliphatic heterocycles. The number of nitrogen functional groups attached to an aromatic ring is 1. The van der Waals surface area contributed by atoms with Gasteiger partial charge in [0.05, 0.1) is 5.69 Å². The number of guanidine groups is 1. The van der Waals surface area contributed by atoms with Crippen LogP contribution in [0.15, 0.2) is 17.1 Å². The van der Waals surface area contributed by atoms with Gasteiger partial charge in [-0.2, -0.15) is 4.99 Å². The lowest BCUT2D eigenvalue weighted by atomic mass is 9.92. The SMILES string of the molecule is CC1(C)CCc2cc(C(=O)N=C(N)N)cc(N)c2O1. The van der Waals surface area contributed by atoms with Gasteiger partial charge in [0, 0.05) is 5.56 Å². The summed E-state index contributed by atoms with van der Waals surface area (Å²) in [6.07, 6.45) is 1.66. The smallest absolute Gasteiger partial charge is 0.280 e. The van der Waals surface area contributed by atoms with Crippen LogP contribution in [0.1, 0.15) is 36.2 Å². The van der Waals surface area contributed by atoms with Crippen molar-refractivity contribution in [3.8, 4) is 5.75 Å². The van der Waals surface area contributed by atoms with Gasteiger partial charge in [0.2, 0.25) is 0 Å². The van der Waals surface area contributed by atoms with Gasteiger partial charge in [-0.25, -0.2) is 0 Å². The van der Waals surface area contributed by atoms with Crippen LogP contribution in [0.4, 0.5) is 5.69 Å². The lowest BCUT2D eigenvalue weighted by Gasteiger charge is -2.33. The van der Waals surface area contributed by atoms with E-state index in [1.165, 1.54) is 6.07 Å². The van der Waals surface area contributed by atoms with Crippen molar-refractivity contribution >= 4 is 17.6 Å². The van der Waals surface area contributed by atoms with E-state index < -0.39 is 5.91 Å². The van der Waals surface area contributed by atoms with E-state index >= 15 is 0 Å². The third kappa shape index (κ3) is 2.78. The standard InChI is InChI=1S/C13H18N4O2/c1-13(2)4-3-7-5-8(11(18)17-12(15)16)6-9(14)10(7)19-13/h5-6H,3-4,14H2,1-2H3,(H4,15,16,17,18). The maximum atomic E-state index is 11.8. The molecular formula is C13H18N4O2. The first-order valence-electron chi connectivity index (χ1n) is 6.04. The van der Waals surface area contributed by atoms with Gasteiger partial charge in [0.25, 0.3) is 5.91 Å². The zero-order valence-electron chi connectivity index (χ0n) is 11.1. The first-order valence-corrected chi connectivity index (χ1v) is 6.04. The number of ether oxygens (including phenoxy) is 1. The van der Waals surface area contributed by atoms with E-state index in [-0.39, 0.29) is 11.6 Å². The minimum Gasteiger partial charge on any atom is -0.485 e. The van der Waals surface area contributed by atoms with Crippen LogP contribution in [0.5, 0.6) is 5.75 Å². The van der Waals surface area contributed by atoms with Crippen LogP contribution in [0, 0.1) is 0 Å². The molecule has 1 aliphatic rings. The molecule has 102 valence electrons. The Morgan fingerprint density at radius 3 is 2.68 bits per heavy atom. The van der Waals surface area contributed by atoms with Crippen molar-refractivity contribution in [2.45, 2.75) is 32.3 Å². The number of carbonyl (C=O) groups is 1. The first kappa shape index (κ1) is 13.2. The lowest BCUT2D eigenvalue weighted by molar-refractivity contribution is 0.0856. The maximum Gasteiger partial charge on any atom is 0.280 e. The summed E-state index contributed by atoms with van der Waals surface area (Å²) < 4.78 is 5.84. The van der Waals surface area contributed by atoms with Gasteiger partial charge in [-0.15, -0.1) is 0 Å². The van der Waals surface area contributed by atoms with Gasteiger partial charge >= 0.3 is 0 Å². The Balaban J connectivity index is 2.41. The van der Waals surface area contributed by atoms with Crippen LogP contribution < -0.4 is 21.9 Å². The molecule has 0 atom stereocenters. The first-order chi connectivity index (χ1) is 8.78. The van der Waals surface area contributed by atoms with Gasteiger partial charge < -0.3 is 21.9 Å². The summed E-state index contributed by atoms with van der Waals surface area (Å²) in [6.45, 7) is 4.02. The Morgan fingerprint density at radius 2 is 2.05 bits per heavy atom. The molecule has 0 saturated heterocycles. The normalized spacial score (nSPS) is 16.1. The number of nitrogens with two attached hydrogens (primary N) is 3. The summed E-state index contributed by atoms with van der Waals surface area (Å²) in [5, 5.41) is 0. The fourth-order valence-corrected chi connectivity index (χ4v) is 2.09. The molecule has 1 aromatic rings. The summed E-state index contributed by atoms with van der Waals surface area (Å²) in [4.78, 5) is 15.3. The molecule has 19 heavy (non-hydrogen) atoms. The van der Waals surface area contributed by atoms with E-state index in [0.29, 0.717) is 17.0 Å². The molecule has 2 rings (SSSR count). The monoisotopic (exact) mass is 262 g/mol. The molecule has 1 aromatic carbocycles. The lowest BCUT2D eigenvalue weighted by Crippen LogP contribution is -2.33. The van der Waals surface area contributed by atoms with E-state index in [2.05, 4.69) is 4.99 Å². The molecule has 1 heterocycles. The number of hydrogen-bond donors (Lipinski definition) is 3. The average molecular weight is 262 g/mol. The number of aryl methyl sites for hydroxylation is 1. The largest absolute Gasteiger partial charge is 0.485 e. The summed E-state index contributed by atoms with van der Waals surface area (Å²) in [6, 6.07) is 3.27. The van der Waals surface area contributed by atoms with Crippen molar-refractivity contribution in [2.24, 2.45) is 16.5 Å². The highest BCUT2D eigenvalue weighted by Gasteiger charge is 2.28. The predicted molar refractivity (Wildman–Crippen MR) is 74.0 cm³/mol. The second-order valence-electron chi connectivity index (χ2n) is 5.26. The number of benzene rings is 1. The number of fused-ring (bicyclic) bond motifs is 1. The maximum absolute atomic E-state index is 11.8. The van der Waals surface area contributed by atoms with E-state index in [1.807, 2.05) is 13.8 Å². The summed E-state index contributed by atoms with van der Waals surface area (Å²) in [7, 11) is 0. The van der Waals surface area contributed by atoms with Gasteiger partial charge in [-0.3, -0.25) is 4.79 Å². The predicted octanol–water partition coefficient (Wildman–Crippen LogP) is 0.786. The number of carbonyl (C=O) groups excluding carboxylic acids is 1. The molecule has 6 heteroatoms. The van der Waals surface area contributed by atoms with Gasteiger partial charge in [-0.1, -0.05) is 0 Å². The van der Waals surface area contributed by atoms with E-state index in [1.54, 1.807) is 6.07 Å². The molecule has 0 spiro atoms. The average Bonchev–Trinajstić information content (AvgIpc) is 2.28. The van der Waals surface area contributed by atoms with E-state index in [9.17, 15) is 4.79 Å². The molecule has 0 radical (unpaired) electrons. The number of anilines is 1. The van der Waals surface area contributed by atoms with E-state index in [4.69, 9.17) is 21.9 Å². The topological polar surface area (TPSA) is 117 Å². The second-order valence-corrected chi connectivity index (χ2v) is 5.26. The quantitative estimate of drug-likeness (QED) is 0.393. The molecular weight excluding hydrogens is 244 g/mol. The second kappa shape index (κ2) is 4.46. The molecule has 0 unspecified atom stereocenters. The van der Waals surface area contributed by atoms with Crippen LogP contribution in [0.2, 0.25) is 0 Å². The van der Waals surface area contributed by atoms with Crippen LogP contribution in [-0.4, -0.2) is 17.5 Å². The Kier molecular flexibility index (Phi) is 3.09. The van der Waals surface area contributed by atoms with Crippen molar-refractivity contribution in [2.75, 3.05) is 5.73 Å². The van der Waals surface area contributed by atoms with Crippen molar-refractivity contribution < 1.29 is 9.53 Å². The molecule has 0 aliphatic carbocycles. The van der Waals surface area contributed by atoms with Crippen molar-refractivity contribution in [1.82, 2.24) is 0 Å². The molecule has 1 amide bonds. The summed E-state index contributed by atoms with van der Waals surface area (Å²) in [5.74, 6) is -0.115. The molecule has 0 aromatic heterocycles. The Morgan fingerprint density at radius 1 is 1.37 bits per heavy atom. The van der Waals surface area contributed by atoms with Crippen LogP contribution in [0.25, 0.3) is 0 Å². The minimum atomic E-state index is -0.501. The fraction of sp³-hybridized carbons (Fsp3) is 0.385. The van der Waals surface area contributed by atoms with Crippen LogP contribution in [0.3, 0.4) is 0 Å². The van der Waals surface area contributed by atoms with Gasteiger partial charge in [0.15, 0.2) is 5.96 Å². The van der Waals surface area contributed by atoms with Gasteiger partial charge in [-0.05, 0) is 44.4 Å². The Bertz CT molecular complexity index is 560. The van der Waals surface area contributed by atoms with E-state index in [0.717, 1.165) is 18.4 Å². The summed E-state index contributed by atoms with van der Waals surface area (Å²) in [5.41, 5.74) is 17.8. The highest BCUT2D eigenvalue weighted by molar-refractivity contribution is 6.02. The minimum absolute atomic E-state index is 0.244. The molecule has 0 fully saturated rings. The fourth-order valence-electron chi connectivity index (χ4n) is 2.09. The Hall–Kier alpha value is -2.24. The summed E-state index contributed by atoms with van der Waals surface area (Å²) >= 11 is 0. The number of aliphatic imine (C=N–C) groups is 1. The third-order valence-corrected chi connectivity index (χ3v) is 3.05. The van der Waals surface area contributed by atoms with Gasteiger partial charge in [0.1, 0.15) is 11.4 Å². The molecule has 6 nitrogen and oxygen atoms in total. The highest BCUT2D eigenvalue weighted by Crippen LogP contribution is 2.38. The third-order valence-electron chi connectivity index (χ3n) is 3.05. The number of nitrogens with zero attached hydrogens (tertiary/aromatic N) is 1. The Labute approximate surface area is 111 Å². The van der Waals surface area contributed by atoms with Crippen molar-refractivity contribution in [3.63, 3.8) is 0 Å². The number of amides is 1. The van der Waals surface area contributed by atoms with Crippen LogP contribution in [-0.2, 0) is 6.42 Å². The number of hydrogen-bond acceptors (Lipinski definition) is 3.